The molecule has 1 atom stereocenters. The van der Waals surface area contributed by atoms with Gasteiger partial charge in [-0.05, 0) is 62.4 Å². The number of benzene rings is 2. The molecule has 1 aliphatic heterocycles. The quantitative estimate of drug-likeness (QED) is 0.514. The highest BCUT2D eigenvalue weighted by Crippen LogP contribution is 2.47. The van der Waals surface area contributed by atoms with Crippen molar-refractivity contribution in [2.45, 2.75) is 53.4 Å². The molecular formula is C29H33F2N3O2. The smallest absolute Gasteiger partial charge is 0.254 e. The monoisotopic (exact) mass is 493 g/mol. The summed E-state index contributed by atoms with van der Waals surface area (Å²) >= 11 is 0. The minimum Gasteiger partial charge on any atom is -0.372 e. The normalized spacial score (nSPS) is 19.1. The van der Waals surface area contributed by atoms with Crippen molar-refractivity contribution in [1.82, 2.24) is 5.32 Å². The second-order valence-electron chi connectivity index (χ2n) is 10.3. The number of hydrogen-bond acceptors (Lipinski definition) is 4. The molecule has 2 aromatic rings. The number of carbonyl (C=O) groups is 2. The fraction of sp³-hybridized carbons (Fsp3) is 0.379. The molecule has 1 heterocycles. The summed E-state index contributed by atoms with van der Waals surface area (Å²) in [6.45, 7) is 11.8. The van der Waals surface area contributed by atoms with Crippen LogP contribution in [0, 0.1) is 17.0 Å². The Balaban J connectivity index is 1.79. The predicted molar refractivity (Wildman–Crippen MR) is 139 cm³/mol. The van der Waals surface area contributed by atoms with E-state index in [1.165, 1.54) is 6.07 Å². The van der Waals surface area contributed by atoms with Gasteiger partial charge in [-0.25, -0.2) is 8.78 Å². The SMILES string of the molecule is CCN(CC)c1ccc([C@@H]2C(C(=O)Nc3ccc(F)cc3F)=C(C)NC3=C2C(=O)CC(C)(C)C3)cc1. The highest BCUT2D eigenvalue weighted by atomic mass is 19.1. The topological polar surface area (TPSA) is 61.4 Å². The summed E-state index contributed by atoms with van der Waals surface area (Å²) in [4.78, 5) is 29.2. The third-order valence-corrected chi connectivity index (χ3v) is 7.02. The lowest BCUT2D eigenvalue weighted by Crippen LogP contribution is -2.39. The fourth-order valence-corrected chi connectivity index (χ4v) is 5.32. The van der Waals surface area contributed by atoms with Crippen molar-refractivity contribution in [3.8, 4) is 0 Å². The zero-order chi connectivity index (χ0) is 26.2. The Bertz CT molecular complexity index is 1260. The van der Waals surface area contributed by atoms with Gasteiger partial charge >= 0.3 is 0 Å². The number of amides is 1. The summed E-state index contributed by atoms with van der Waals surface area (Å²) in [5.41, 5.74) is 3.93. The van der Waals surface area contributed by atoms with Gasteiger partial charge in [0.25, 0.3) is 5.91 Å². The molecule has 2 N–H and O–H groups in total. The van der Waals surface area contributed by atoms with E-state index in [9.17, 15) is 18.4 Å². The van der Waals surface area contributed by atoms with Crippen molar-refractivity contribution in [3.63, 3.8) is 0 Å². The first-order valence-corrected chi connectivity index (χ1v) is 12.4. The van der Waals surface area contributed by atoms with E-state index in [4.69, 9.17) is 0 Å². The van der Waals surface area contributed by atoms with Crippen LogP contribution in [0.25, 0.3) is 0 Å². The molecule has 0 aromatic heterocycles. The van der Waals surface area contributed by atoms with E-state index in [0.717, 1.165) is 42.2 Å². The van der Waals surface area contributed by atoms with E-state index in [-0.39, 0.29) is 16.9 Å². The van der Waals surface area contributed by atoms with Gasteiger partial charge in [0.05, 0.1) is 5.69 Å². The lowest BCUT2D eigenvalue weighted by atomic mass is 9.68. The molecule has 0 spiro atoms. The molecule has 0 saturated carbocycles. The third-order valence-electron chi connectivity index (χ3n) is 7.02. The minimum atomic E-state index is -0.860. The lowest BCUT2D eigenvalue weighted by Gasteiger charge is -2.39. The number of nitrogens with one attached hydrogen (secondary N) is 2. The Labute approximate surface area is 211 Å². The molecule has 2 aromatic carbocycles. The van der Waals surface area contributed by atoms with Crippen LogP contribution in [0.5, 0.6) is 0 Å². The Morgan fingerprint density at radius 1 is 1.08 bits per heavy atom. The third kappa shape index (κ3) is 4.92. The van der Waals surface area contributed by atoms with Crippen LogP contribution in [-0.2, 0) is 9.59 Å². The second kappa shape index (κ2) is 9.88. The second-order valence-corrected chi connectivity index (χ2v) is 10.3. The van der Waals surface area contributed by atoms with E-state index in [2.05, 4.69) is 43.2 Å². The van der Waals surface area contributed by atoms with Crippen LogP contribution in [0.3, 0.4) is 0 Å². The van der Waals surface area contributed by atoms with Gasteiger partial charge in [-0.15, -0.1) is 0 Å². The first-order chi connectivity index (χ1) is 17.0. The van der Waals surface area contributed by atoms with Crippen molar-refractivity contribution < 1.29 is 18.4 Å². The number of rotatable bonds is 6. The van der Waals surface area contributed by atoms with Gasteiger partial charge in [0.15, 0.2) is 5.78 Å². The first-order valence-electron chi connectivity index (χ1n) is 12.4. The summed E-state index contributed by atoms with van der Waals surface area (Å²) in [5.74, 6) is -2.72. The summed E-state index contributed by atoms with van der Waals surface area (Å²) in [6.07, 6.45) is 1.06. The molecule has 0 saturated heterocycles. The van der Waals surface area contributed by atoms with Crippen LogP contribution in [-0.4, -0.2) is 24.8 Å². The predicted octanol–water partition coefficient (Wildman–Crippen LogP) is 6.05. The molecule has 190 valence electrons. The fourth-order valence-electron chi connectivity index (χ4n) is 5.32. The minimum absolute atomic E-state index is 0.00247. The number of anilines is 2. The van der Waals surface area contributed by atoms with E-state index >= 15 is 0 Å². The number of halogens is 2. The lowest BCUT2D eigenvalue weighted by molar-refractivity contribution is -0.118. The van der Waals surface area contributed by atoms with E-state index in [0.29, 0.717) is 29.7 Å². The number of dihydropyridines is 1. The highest BCUT2D eigenvalue weighted by Gasteiger charge is 2.42. The Kier molecular flexibility index (Phi) is 7.03. The summed E-state index contributed by atoms with van der Waals surface area (Å²) < 4.78 is 27.7. The highest BCUT2D eigenvalue weighted by molar-refractivity contribution is 6.10. The Morgan fingerprint density at radius 2 is 1.75 bits per heavy atom. The van der Waals surface area contributed by atoms with Crippen LogP contribution in [0.4, 0.5) is 20.2 Å². The van der Waals surface area contributed by atoms with Crippen LogP contribution >= 0.6 is 0 Å². The van der Waals surface area contributed by atoms with E-state index < -0.39 is 23.5 Å². The molecule has 0 unspecified atom stereocenters. The largest absolute Gasteiger partial charge is 0.372 e. The molecule has 4 rings (SSSR count). The number of carbonyl (C=O) groups excluding carboxylic acids is 2. The summed E-state index contributed by atoms with van der Waals surface area (Å²) in [7, 11) is 0. The van der Waals surface area contributed by atoms with Crippen molar-refractivity contribution in [2.24, 2.45) is 5.41 Å². The maximum absolute atomic E-state index is 14.3. The van der Waals surface area contributed by atoms with Crippen LogP contribution in [0.15, 0.2) is 65.0 Å². The van der Waals surface area contributed by atoms with Gasteiger partial charge in [-0.2, -0.15) is 0 Å². The zero-order valence-corrected chi connectivity index (χ0v) is 21.5. The molecule has 5 nitrogen and oxygen atoms in total. The maximum atomic E-state index is 14.3. The number of hydrogen-bond donors (Lipinski definition) is 2. The van der Waals surface area contributed by atoms with E-state index in [1.54, 1.807) is 6.92 Å². The van der Waals surface area contributed by atoms with Gasteiger partial charge < -0.3 is 15.5 Å². The zero-order valence-electron chi connectivity index (χ0n) is 21.5. The Morgan fingerprint density at radius 3 is 2.36 bits per heavy atom. The average Bonchev–Trinajstić information content (AvgIpc) is 2.80. The van der Waals surface area contributed by atoms with Crippen molar-refractivity contribution in [2.75, 3.05) is 23.3 Å². The number of nitrogens with zero attached hydrogens (tertiary/aromatic N) is 1. The molecule has 1 amide bonds. The average molecular weight is 494 g/mol. The van der Waals surface area contributed by atoms with Gasteiger partial charge in [-0.1, -0.05) is 26.0 Å². The van der Waals surface area contributed by atoms with E-state index in [1.807, 2.05) is 24.3 Å². The van der Waals surface area contributed by atoms with Crippen LogP contribution in [0.1, 0.15) is 58.9 Å². The maximum Gasteiger partial charge on any atom is 0.254 e. The van der Waals surface area contributed by atoms with Crippen molar-refractivity contribution in [1.29, 1.82) is 0 Å². The summed E-state index contributed by atoms with van der Waals surface area (Å²) in [6, 6.07) is 10.9. The van der Waals surface area contributed by atoms with Gasteiger partial charge in [0.1, 0.15) is 11.6 Å². The van der Waals surface area contributed by atoms with Gasteiger partial charge in [0, 0.05) is 59.7 Å². The van der Waals surface area contributed by atoms with Crippen LogP contribution < -0.4 is 15.5 Å². The molecule has 0 bridgehead atoms. The first kappa shape index (κ1) is 25.6. The number of ketones is 1. The molecule has 36 heavy (non-hydrogen) atoms. The standard InChI is InChI=1S/C29H33F2N3O2/c1-6-34(7-2)20-11-8-18(9-12-20)26-25(28(36)33-22-13-10-19(30)14-21(22)31)17(3)32-23-15-29(4,5)16-24(35)27(23)26/h8-14,26,32H,6-7,15-16H2,1-5H3,(H,33,36)/t26-/m1/s1. The molecule has 0 fully saturated rings. The molecular weight excluding hydrogens is 460 g/mol. The number of Topliss-reactive ketones (excluding diaryl/α,β-unsaturated/α-hetero) is 1. The molecule has 2 aliphatic rings. The van der Waals surface area contributed by atoms with Crippen molar-refractivity contribution >= 4 is 23.1 Å². The van der Waals surface area contributed by atoms with Gasteiger partial charge in [0.2, 0.25) is 0 Å². The van der Waals surface area contributed by atoms with Crippen molar-refractivity contribution in [3.05, 3.63) is 82.2 Å². The molecule has 0 radical (unpaired) electrons. The Hall–Kier alpha value is -3.48. The number of allylic oxidation sites excluding steroid dienone is 3. The molecule has 1 aliphatic carbocycles. The summed E-state index contributed by atoms with van der Waals surface area (Å²) in [5, 5.41) is 5.90. The van der Waals surface area contributed by atoms with Crippen LogP contribution in [0.2, 0.25) is 0 Å². The molecule has 7 heteroatoms. The van der Waals surface area contributed by atoms with Gasteiger partial charge in [-0.3, -0.25) is 9.59 Å².